The molecule has 4 nitrogen and oxygen atoms in total. The lowest BCUT2D eigenvalue weighted by Gasteiger charge is -2.41. The molecule has 1 aliphatic rings. The minimum atomic E-state index is -0.00707. The van der Waals surface area contributed by atoms with Gasteiger partial charge in [0.25, 0.3) is 5.91 Å². The number of carbonyl (C=O) groups excluding carboxylic acids is 1. The lowest BCUT2D eigenvalue weighted by Crippen LogP contribution is -2.52. The van der Waals surface area contributed by atoms with Crippen molar-refractivity contribution in [3.8, 4) is 0 Å². The van der Waals surface area contributed by atoms with Gasteiger partial charge in [-0.2, -0.15) is 0 Å². The van der Waals surface area contributed by atoms with Crippen molar-refractivity contribution >= 4 is 17.2 Å². The molecule has 1 N–H and O–H groups in total. The molecular weight excluding hydrogens is 390 g/mol. The molecule has 156 valence electrons. The number of piperazine rings is 1. The molecule has 0 radical (unpaired) electrons. The third-order valence-electron chi connectivity index (χ3n) is 5.75. The fourth-order valence-corrected chi connectivity index (χ4v) is 5.17. The minimum Gasteiger partial charge on any atom is -0.348 e. The minimum absolute atomic E-state index is 0.00707. The van der Waals surface area contributed by atoms with E-state index < -0.39 is 0 Å². The largest absolute Gasteiger partial charge is 0.348 e. The van der Waals surface area contributed by atoms with E-state index in [0.29, 0.717) is 5.56 Å². The van der Waals surface area contributed by atoms with Crippen LogP contribution in [0.15, 0.2) is 78.2 Å². The number of hydrogen-bond acceptors (Lipinski definition) is 4. The Morgan fingerprint density at radius 1 is 0.933 bits per heavy atom. The van der Waals surface area contributed by atoms with Crippen LogP contribution in [-0.2, 0) is 6.54 Å². The van der Waals surface area contributed by atoms with Crippen molar-refractivity contribution < 1.29 is 4.79 Å². The first-order valence-corrected chi connectivity index (χ1v) is 11.5. The third kappa shape index (κ3) is 5.17. The summed E-state index contributed by atoms with van der Waals surface area (Å²) >= 11 is 1.77. The van der Waals surface area contributed by atoms with Crippen LogP contribution < -0.4 is 5.32 Å². The lowest BCUT2D eigenvalue weighted by atomic mass is 10.0. The molecule has 1 saturated heterocycles. The van der Waals surface area contributed by atoms with Crippen LogP contribution in [0.25, 0.3) is 0 Å². The molecule has 3 aromatic rings. The predicted molar refractivity (Wildman–Crippen MR) is 124 cm³/mol. The predicted octanol–water partition coefficient (Wildman–Crippen LogP) is 4.43. The van der Waals surface area contributed by atoms with Gasteiger partial charge in [0.2, 0.25) is 0 Å². The summed E-state index contributed by atoms with van der Waals surface area (Å²) in [7, 11) is 0. The zero-order valence-electron chi connectivity index (χ0n) is 17.4. The third-order valence-corrected chi connectivity index (χ3v) is 6.70. The van der Waals surface area contributed by atoms with E-state index in [1.807, 2.05) is 30.3 Å². The Balaban J connectivity index is 1.41. The molecule has 1 amide bonds. The topological polar surface area (TPSA) is 35.6 Å². The van der Waals surface area contributed by atoms with Crippen LogP contribution in [0.2, 0.25) is 0 Å². The zero-order valence-corrected chi connectivity index (χ0v) is 18.2. The van der Waals surface area contributed by atoms with E-state index in [1.165, 1.54) is 10.4 Å². The fourth-order valence-electron chi connectivity index (χ4n) is 4.20. The lowest BCUT2D eigenvalue weighted by molar-refractivity contribution is 0.0714. The monoisotopic (exact) mass is 419 g/mol. The number of nitrogens with one attached hydrogen (secondary N) is 1. The molecule has 0 saturated carbocycles. The van der Waals surface area contributed by atoms with Crippen LogP contribution in [-0.4, -0.2) is 47.9 Å². The maximum atomic E-state index is 12.7. The Morgan fingerprint density at radius 2 is 1.60 bits per heavy atom. The van der Waals surface area contributed by atoms with Crippen LogP contribution >= 0.6 is 11.3 Å². The molecule has 4 rings (SSSR count). The van der Waals surface area contributed by atoms with Gasteiger partial charge < -0.3 is 5.32 Å². The van der Waals surface area contributed by atoms with Crippen molar-refractivity contribution in [3.05, 3.63) is 94.2 Å². The van der Waals surface area contributed by atoms with Crippen molar-refractivity contribution in [2.75, 3.05) is 26.2 Å². The molecule has 2 aromatic carbocycles. The first-order valence-electron chi connectivity index (χ1n) is 10.6. The van der Waals surface area contributed by atoms with Crippen molar-refractivity contribution in [2.45, 2.75) is 25.6 Å². The van der Waals surface area contributed by atoms with Crippen molar-refractivity contribution in [3.63, 3.8) is 0 Å². The number of amides is 1. The van der Waals surface area contributed by atoms with Crippen LogP contribution in [0.3, 0.4) is 0 Å². The highest BCUT2D eigenvalue weighted by atomic mass is 32.1. The van der Waals surface area contributed by atoms with E-state index in [1.54, 1.807) is 11.3 Å². The van der Waals surface area contributed by atoms with Gasteiger partial charge in [-0.1, -0.05) is 54.6 Å². The fraction of sp³-hybridized carbons (Fsp3) is 0.320. The van der Waals surface area contributed by atoms with Gasteiger partial charge in [-0.25, -0.2) is 0 Å². The van der Waals surface area contributed by atoms with Crippen LogP contribution in [0.1, 0.15) is 33.8 Å². The molecule has 0 bridgehead atoms. The second-order valence-electron chi connectivity index (χ2n) is 7.89. The van der Waals surface area contributed by atoms with Crippen LogP contribution in [0.4, 0.5) is 0 Å². The molecule has 2 atom stereocenters. The number of hydrogen-bond donors (Lipinski definition) is 1. The zero-order chi connectivity index (χ0) is 20.8. The Bertz CT molecular complexity index is 906. The van der Waals surface area contributed by atoms with Gasteiger partial charge >= 0.3 is 0 Å². The summed E-state index contributed by atoms with van der Waals surface area (Å²) in [5.74, 6) is -0.00707. The van der Waals surface area contributed by atoms with Gasteiger partial charge in [-0.15, -0.1) is 11.3 Å². The summed E-state index contributed by atoms with van der Waals surface area (Å²) in [6, 6.07) is 24.7. The maximum Gasteiger partial charge on any atom is 0.251 e. The Kier molecular flexibility index (Phi) is 6.95. The summed E-state index contributed by atoms with van der Waals surface area (Å²) in [6.45, 7) is 7.20. The summed E-state index contributed by atoms with van der Waals surface area (Å²) < 4.78 is 0. The highest BCUT2D eigenvalue weighted by Gasteiger charge is 2.31. The smallest absolute Gasteiger partial charge is 0.251 e. The van der Waals surface area contributed by atoms with Gasteiger partial charge in [0.15, 0.2) is 0 Å². The number of rotatable bonds is 7. The SMILES string of the molecule is C[C@H](NC(=O)c1ccccc1)[C@H](c1cccs1)N1CCN(Cc2ccccc2)CC1. The molecule has 1 aliphatic heterocycles. The molecule has 1 fully saturated rings. The van der Waals surface area contributed by atoms with E-state index in [2.05, 4.69) is 69.9 Å². The maximum absolute atomic E-state index is 12.7. The van der Waals surface area contributed by atoms with Gasteiger partial charge in [0.05, 0.1) is 6.04 Å². The van der Waals surface area contributed by atoms with E-state index in [0.717, 1.165) is 32.7 Å². The van der Waals surface area contributed by atoms with Gasteiger partial charge in [0, 0.05) is 49.2 Å². The van der Waals surface area contributed by atoms with Gasteiger partial charge in [-0.05, 0) is 36.1 Å². The Hall–Kier alpha value is -2.47. The number of thiophene rings is 1. The number of nitrogens with zero attached hydrogens (tertiary/aromatic N) is 2. The summed E-state index contributed by atoms with van der Waals surface area (Å²) in [4.78, 5) is 19.1. The average Bonchev–Trinajstić information content (AvgIpc) is 3.31. The number of carbonyl (C=O) groups is 1. The van der Waals surface area contributed by atoms with Gasteiger partial charge in [0.1, 0.15) is 0 Å². The molecule has 30 heavy (non-hydrogen) atoms. The summed E-state index contributed by atoms with van der Waals surface area (Å²) in [6.07, 6.45) is 0. The normalized spacial score (nSPS) is 17.4. The first-order chi connectivity index (χ1) is 14.7. The molecule has 0 aliphatic carbocycles. The average molecular weight is 420 g/mol. The summed E-state index contributed by atoms with van der Waals surface area (Å²) in [5.41, 5.74) is 2.08. The highest BCUT2D eigenvalue weighted by molar-refractivity contribution is 7.10. The second kappa shape index (κ2) is 10.0. The number of benzene rings is 2. The molecule has 0 unspecified atom stereocenters. The van der Waals surface area contributed by atoms with E-state index in [4.69, 9.17) is 0 Å². The van der Waals surface area contributed by atoms with Crippen molar-refractivity contribution in [1.29, 1.82) is 0 Å². The van der Waals surface area contributed by atoms with E-state index in [9.17, 15) is 4.79 Å². The van der Waals surface area contributed by atoms with E-state index >= 15 is 0 Å². The Labute approximate surface area is 183 Å². The molecule has 0 spiro atoms. The van der Waals surface area contributed by atoms with Crippen molar-refractivity contribution in [2.24, 2.45) is 0 Å². The summed E-state index contributed by atoms with van der Waals surface area (Å²) in [5, 5.41) is 5.37. The van der Waals surface area contributed by atoms with Crippen LogP contribution in [0.5, 0.6) is 0 Å². The Morgan fingerprint density at radius 3 is 2.23 bits per heavy atom. The molecule has 1 aromatic heterocycles. The van der Waals surface area contributed by atoms with Crippen LogP contribution in [0, 0.1) is 0 Å². The molecule has 2 heterocycles. The standard InChI is InChI=1S/C25H29N3OS/c1-20(26-25(29)22-11-6-3-7-12-22)24(23-13-8-18-30-23)28-16-14-27(15-17-28)19-21-9-4-2-5-10-21/h2-13,18,20,24H,14-17,19H2,1H3,(H,26,29)/t20-,24+/m0/s1. The second-order valence-corrected chi connectivity index (χ2v) is 8.87. The van der Waals surface area contributed by atoms with Crippen molar-refractivity contribution in [1.82, 2.24) is 15.1 Å². The van der Waals surface area contributed by atoms with Gasteiger partial charge in [-0.3, -0.25) is 14.6 Å². The quantitative estimate of drug-likeness (QED) is 0.616. The molecular formula is C25H29N3OS. The highest BCUT2D eigenvalue weighted by Crippen LogP contribution is 2.29. The first kappa shape index (κ1) is 20.8. The van der Waals surface area contributed by atoms with E-state index in [-0.39, 0.29) is 18.0 Å². The molecule has 5 heteroatoms.